The van der Waals surface area contributed by atoms with Crippen molar-refractivity contribution in [3.8, 4) is 96.9 Å². The second-order valence-corrected chi connectivity index (χ2v) is 32.9. The van der Waals surface area contributed by atoms with Crippen molar-refractivity contribution in [1.29, 1.82) is 0 Å². The summed E-state index contributed by atoms with van der Waals surface area (Å²) >= 11 is 2.94. The molecule has 0 aliphatic carbocycles. The molecule has 1 saturated heterocycles. The third-order valence-corrected chi connectivity index (χ3v) is 24.0. The van der Waals surface area contributed by atoms with E-state index in [1.807, 2.05) is 18.2 Å². The number of ether oxygens (including phenoxy) is 1. The molecule has 0 atom stereocenters. The van der Waals surface area contributed by atoms with Crippen LogP contribution in [0.1, 0.15) is 56.9 Å². The third-order valence-electron chi connectivity index (χ3n) is 22.2. The quantitative estimate of drug-likeness (QED) is 0.0754. The molecule has 20 rings (SSSR count). The Balaban J connectivity index is 0.000000122. The highest BCUT2D eigenvalue weighted by Crippen LogP contribution is 2.35. The number of anilines is 2. The number of hydrogen-bond donors (Lipinski definition) is 2. The van der Waals surface area contributed by atoms with Gasteiger partial charge in [-0.25, -0.2) is 83.8 Å². The number of amides is 4. The van der Waals surface area contributed by atoms with Crippen LogP contribution in [0.15, 0.2) is 222 Å². The van der Waals surface area contributed by atoms with Gasteiger partial charge < -0.3 is 40.2 Å². The largest absolute Gasteiger partial charge is 0.497 e. The fourth-order valence-electron chi connectivity index (χ4n) is 15.3. The lowest BCUT2D eigenvalue weighted by molar-refractivity contribution is -0.133. The maximum Gasteiger partial charge on any atom is 0.312 e. The van der Waals surface area contributed by atoms with Crippen LogP contribution in [0.2, 0.25) is 0 Å². The van der Waals surface area contributed by atoms with Gasteiger partial charge in [0.25, 0.3) is 0 Å². The summed E-state index contributed by atoms with van der Waals surface area (Å²) in [5, 5.41) is 26.2. The van der Waals surface area contributed by atoms with E-state index in [0.29, 0.717) is 174 Å². The number of piperidine rings is 1. The average molecular weight is 1820 g/mol. The highest BCUT2D eigenvalue weighted by molar-refractivity contribution is 7.15. The number of nitrogen functional groups attached to an aromatic ring is 2. The molecule has 131 heavy (non-hydrogen) atoms. The van der Waals surface area contributed by atoms with Crippen molar-refractivity contribution in [3.05, 3.63) is 303 Å². The molecule has 4 N–H and O–H groups in total. The van der Waals surface area contributed by atoms with Gasteiger partial charge in [0.05, 0.1) is 37.1 Å². The molecular formula is C93H78F8N22O6S2. The molecule has 1 fully saturated rings. The molecule has 664 valence electrons. The summed E-state index contributed by atoms with van der Waals surface area (Å²) in [6, 6.07) is 52.5. The minimum absolute atomic E-state index is 0.00492. The number of nitrogens with two attached hydrogens (primary N) is 2. The highest BCUT2D eigenvalue weighted by Gasteiger charge is 2.32. The zero-order valence-corrected chi connectivity index (χ0v) is 71.4. The molecule has 0 radical (unpaired) electrons. The standard InChI is InChI=1S/C26H22F2N4O2.C23H21F2N7O2.C22H18F2N6OS.C22H17F2N5OS/c1-34-23-11-6-20-15-31(13-12-19(20)14-23)24(33)16-32-26(18-4-9-22(28)10-5-18)29-25(30-32)17-2-7-21(27)8-3-17;24-17-5-1-14(2-6-17)20-27-21(15-3-7-18(25)8-4-15)32(30-20)13-19(33)31-11-9-16(10-12-31)22-28-29-23(26)34-22;23-15-5-1-13(2-6-15)20-27-21(14-3-7-16(24)8-4-14)30(28-20)12-19(31)29-10-9-17-18(11-29)32-22(25)26-17;23-16-5-1-14(2-6-16)21-26-22(15-3-7-17(24)8-4-15)29(27-21)12-20(30)28-10-9-18-19(11-28)31-13-25-18/h2-11,14H,12-13,15-16H2,1H3;1-8,16H,9-13H2,(H2,26,29);1-8H,9-12H2,(H2,25,26);1-8,13H,9-12H2. The summed E-state index contributed by atoms with van der Waals surface area (Å²) in [5.41, 5.74) is 22.4. The smallest absolute Gasteiger partial charge is 0.312 e. The first-order chi connectivity index (χ1) is 63.5. The van der Waals surface area contributed by atoms with Crippen LogP contribution in [-0.4, -0.2) is 162 Å². The first kappa shape index (κ1) is 87.7. The Labute approximate surface area is 750 Å². The van der Waals surface area contributed by atoms with E-state index in [9.17, 15) is 54.3 Å². The number of carbonyl (C=O) groups is 4. The first-order valence-corrected chi connectivity index (χ1v) is 43.1. The van der Waals surface area contributed by atoms with Crippen LogP contribution in [0.25, 0.3) is 91.1 Å². The van der Waals surface area contributed by atoms with Gasteiger partial charge in [-0.2, -0.15) is 0 Å². The van der Waals surface area contributed by atoms with Crippen molar-refractivity contribution in [2.45, 2.75) is 83.8 Å². The molecular weight excluding hydrogens is 1740 g/mol. The molecule has 11 heterocycles. The molecule has 16 aromatic rings. The molecule has 0 spiro atoms. The number of benzene rings is 9. The summed E-state index contributed by atoms with van der Waals surface area (Å²) in [5.74, 6) is 1.16. The number of thiazole rings is 2. The molecule has 0 bridgehead atoms. The second-order valence-electron chi connectivity index (χ2n) is 30.8. The Morgan fingerprint density at radius 2 is 0.718 bits per heavy atom. The van der Waals surface area contributed by atoms with Crippen molar-refractivity contribution in [3.63, 3.8) is 0 Å². The predicted octanol–water partition coefficient (Wildman–Crippen LogP) is 15.2. The lowest BCUT2D eigenvalue weighted by Crippen LogP contribution is -2.40. The number of carbonyl (C=O) groups excluding carboxylic acids is 4. The maximum absolute atomic E-state index is 13.5. The van der Waals surface area contributed by atoms with Crippen molar-refractivity contribution in [2.75, 3.05) is 51.3 Å². The van der Waals surface area contributed by atoms with Gasteiger partial charge in [0.15, 0.2) is 51.7 Å². The van der Waals surface area contributed by atoms with Gasteiger partial charge in [-0.3, -0.25) is 19.2 Å². The number of aromatic nitrogens is 16. The van der Waals surface area contributed by atoms with Gasteiger partial charge in [-0.05, 0) is 237 Å². The summed E-state index contributed by atoms with van der Waals surface area (Å²) < 4.78 is 124. The molecule has 7 aromatic heterocycles. The Morgan fingerprint density at radius 3 is 1.08 bits per heavy atom. The lowest BCUT2D eigenvalue weighted by atomic mass is 9.97. The molecule has 4 aliphatic heterocycles. The van der Waals surface area contributed by atoms with Gasteiger partial charge in [0.2, 0.25) is 29.5 Å². The van der Waals surface area contributed by atoms with Gasteiger partial charge >= 0.3 is 6.01 Å². The van der Waals surface area contributed by atoms with Gasteiger partial charge in [-0.1, -0.05) is 11.2 Å². The molecule has 9 aromatic carbocycles. The zero-order valence-electron chi connectivity index (χ0n) is 69.8. The number of hydrogen-bond acceptors (Lipinski definition) is 22. The van der Waals surface area contributed by atoms with Gasteiger partial charge in [0.1, 0.15) is 78.5 Å². The van der Waals surface area contributed by atoms with Crippen LogP contribution in [0.3, 0.4) is 0 Å². The summed E-state index contributed by atoms with van der Waals surface area (Å²) in [6.45, 7) is 4.16. The Hall–Kier alpha value is -15.3. The van der Waals surface area contributed by atoms with Crippen molar-refractivity contribution < 1.29 is 63.5 Å². The van der Waals surface area contributed by atoms with Crippen LogP contribution in [0.5, 0.6) is 5.75 Å². The number of rotatable bonds is 18. The van der Waals surface area contributed by atoms with Crippen LogP contribution in [0, 0.1) is 46.5 Å². The monoisotopic (exact) mass is 1810 g/mol. The van der Waals surface area contributed by atoms with Crippen LogP contribution in [-0.2, 0) is 84.3 Å². The van der Waals surface area contributed by atoms with E-state index in [0.717, 1.165) is 45.3 Å². The summed E-state index contributed by atoms with van der Waals surface area (Å²) in [7, 11) is 1.64. The van der Waals surface area contributed by atoms with E-state index >= 15 is 0 Å². The number of methoxy groups -OCH3 is 1. The van der Waals surface area contributed by atoms with Gasteiger partial charge in [-0.15, -0.1) is 48.2 Å². The first-order valence-electron chi connectivity index (χ1n) is 41.4. The third kappa shape index (κ3) is 20.9. The maximum atomic E-state index is 13.5. The average Bonchev–Trinajstić information content (AvgIpc) is 1.73. The van der Waals surface area contributed by atoms with E-state index in [1.54, 1.807) is 141 Å². The van der Waals surface area contributed by atoms with Crippen LogP contribution < -0.4 is 16.2 Å². The van der Waals surface area contributed by atoms with E-state index in [-0.39, 0.29) is 108 Å². The van der Waals surface area contributed by atoms with E-state index in [2.05, 4.69) is 60.5 Å². The second kappa shape index (κ2) is 39.1. The zero-order chi connectivity index (χ0) is 90.9. The number of fused-ring (bicyclic) bond motifs is 3. The lowest BCUT2D eigenvalue weighted by Gasteiger charge is -2.30. The number of halogens is 8. The van der Waals surface area contributed by atoms with Crippen molar-refractivity contribution in [1.82, 2.24) is 98.8 Å². The minimum Gasteiger partial charge on any atom is -0.497 e. The SMILES string of the molecule is COc1ccc2c(c1)CCN(C(=O)Cn1nc(-c3ccc(F)cc3)nc1-c1ccc(F)cc1)C2.Nc1nc2c(s1)CN(C(=O)Cn1nc(-c3ccc(F)cc3)nc1-c1ccc(F)cc1)CC2.Nc1nnc(C2CCN(C(=O)Cn3nc(-c4ccc(F)cc4)nc3-c3ccc(F)cc3)CC2)o1.O=C(Cn1nc(-c2ccc(F)cc2)nc1-c1ccc(F)cc1)N1CCc2ncsc2C1. The Kier molecular flexibility index (Phi) is 26.2. The van der Waals surface area contributed by atoms with E-state index in [4.69, 9.17) is 20.6 Å². The molecule has 0 unspecified atom stereocenters. The molecule has 4 amide bonds. The Morgan fingerprint density at radius 1 is 0.382 bits per heavy atom. The number of likely N-dealkylation sites (tertiary alicyclic amines) is 1. The van der Waals surface area contributed by atoms with Crippen LogP contribution in [0.4, 0.5) is 46.3 Å². The van der Waals surface area contributed by atoms with Crippen molar-refractivity contribution >= 4 is 57.4 Å². The normalized spacial score (nSPS) is 13.5. The number of nitrogens with zero attached hydrogens (tertiary/aromatic N) is 20. The highest BCUT2D eigenvalue weighted by atomic mass is 32.1. The van der Waals surface area contributed by atoms with Crippen molar-refractivity contribution in [2.24, 2.45) is 0 Å². The Bertz CT molecular complexity index is 6770. The molecule has 38 heteroatoms. The minimum atomic E-state index is -0.379. The summed E-state index contributed by atoms with van der Waals surface area (Å²) in [6.07, 6.45) is 3.47. The van der Waals surface area contributed by atoms with E-state index < -0.39 is 0 Å². The van der Waals surface area contributed by atoms with E-state index in [1.165, 1.54) is 133 Å². The molecule has 0 saturated carbocycles. The molecule has 4 aliphatic rings. The topological polar surface area (TPSA) is 330 Å². The summed E-state index contributed by atoms with van der Waals surface area (Å²) in [4.78, 5) is 88.5. The van der Waals surface area contributed by atoms with Gasteiger partial charge in [0, 0.05) is 112 Å². The fourth-order valence-corrected chi connectivity index (χ4v) is 17.0. The van der Waals surface area contributed by atoms with Crippen LogP contribution >= 0.6 is 22.7 Å². The fraction of sp³-hybridized carbons (Fsp3) is 0.204. The predicted molar refractivity (Wildman–Crippen MR) is 470 cm³/mol. The molecule has 28 nitrogen and oxygen atoms in total.